The molecule has 1 aromatic rings. The predicted molar refractivity (Wildman–Crippen MR) is 153 cm³/mol. The number of hydrogen-bond acceptors (Lipinski definition) is 7. The molecule has 0 aliphatic carbocycles. The number of benzene rings is 1. The largest absolute Gasteiger partial charge is 0.379 e. The van der Waals surface area contributed by atoms with Crippen molar-refractivity contribution in [1.82, 2.24) is 16.0 Å². The van der Waals surface area contributed by atoms with E-state index in [4.69, 9.17) is 9.47 Å². The minimum Gasteiger partial charge on any atom is -0.379 e. The van der Waals surface area contributed by atoms with Crippen LogP contribution in [0.25, 0.3) is 0 Å². The Hall–Kier alpha value is -3.11. The van der Waals surface area contributed by atoms with Gasteiger partial charge >= 0.3 is 0 Å². The second kappa shape index (κ2) is 22.7. The van der Waals surface area contributed by atoms with Gasteiger partial charge < -0.3 is 25.4 Å². The third kappa shape index (κ3) is 19.0. The van der Waals surface area contributed by atoms with Crippen molar-refractivity contribution in [2.45, 2.75) is 78.1 Å². The lowest BCUT2D eigenvalue weighted by Crippen LogP contribution is -2.32. The molecule has 0 unspecified atom stereocenters. The van der Waals surface area contributed by atoms with Crippen molar-refractivity contribution in [3.63, 3.8) is 0 Å². The highest BCUT2D eigenvalue weighted by atomic mass is 16.5. The summed E-state index contributed by atoms with van der Waals surface area (Å²) in [5.41, 5.74) is 1.66. The number of unbranched alkanes of at least 4 members (excludes halogenated alkanes) is 2. The van der Waals surface area contributed by atoms with Crippen LogP contribution in [0.1, 0.15) is 87.1 Å². The molecule has 1 rings (SSSR count). The van der Waals surface area contributed by atoms with Crippen molar-refractivity contribution >= 4 is 29.3 Å². The molecule has 0 bridgehead atoms. The van der Waals surface area contributed by atoms with Gasteiger partial charge in [-0.15, -0.1) is 0 Å². The Labute approximate surface area is 238 Å². The molecule has 0 aliphatic heterocycles. The van der Waals surface area contributed by atoms with Gasteiger partial charge in [0.05, 0.1) is 19.8 Å². The number of nitrogens with one attached hydrogen (secondary N) is 3. The van der Waals surface area contributed by atoms with Gasteiger partial charge in [-0.2, -0.15) is 0 Å². The van der Waals surface area contributed by atoms with E-state index in [2.05, 4.69) is 22.9 Å². The SMILES string of the molecule is CCCCCOCCOCCCC(=O)CCC(=O)NCC(=O)CCC(=O)NCCCNC(=O)c1ccc(C)cc1. The summed E-state index contributed by atoms with van der Waals surface area (Å²) in [7, 11) is 0. The van der Waals surface area contributed by atoms with E-state index < -0.39 is 0 Å². The highest BCUT2D eigenvalue weighted by Gasteiger charge is 2.11. The van der Waals surface area contributed by atoms with Crippen LogP contribution >= 0.6 is 0 Å². The minimum absolute atomic E-state index is 0.0129. The summed E-state index contributed by atoms with van der Waals surface area (Å²) in [5.74, 6) is -1.07. The molecule has 3 N–H and O–H groups in total. The predicted octanol–water partition coefficient (Wildman–Crippen LogP) is 3.05. The number of ketones is 2. The Balaban J connectivity index is 1.97. The number of ether oxygens (including phenoxy) is 2. The molecule has 0 heterocycles. The summed E-state index contributed by atoms with van der Waals surface area (Å²) in [5, 5.41) is 8.02. The van der Waals surface area contributed by atoms with E-state index >= 15 is 0 Å². The Morgan fingerprint density at radius 3 is 1.90 bits per heavy atom. The average Bonchev–Trinajstić information content (AvgIpc) is 2.94. The first-order valence-electron chi connectivity index (χ1n) is 14.4. The van der Waals surface area contributed by atoms with Crippen molar-refractivity contribution in [3.8, 4) is 0 Å². The van der Waals surface area contributed by atoms with E-state index in [0.717, 1.165) is 31.4 Å². The van der Waals surface area contributed by atoms with Crippen LogP contribution in [0.15, 0.2) is 24.3 Å². The topological polar surface area (TPSA) is 140 Å². The lowest BCUT2D eigenvalue weighted by Gasteiger charge is -2.08. The van der Waals surface area contributed by atoms with Gasteiger partial charge in [-0.3, -0.25) is 24.0 Å². The van der Waals surface area contributed by atoms with Gasteiger partial charge in [0.15, 0.2) is 5.78 Å². The highest BCUT2D eigenvalue weighted by molar-refractivity contribution is 5.94. The van der Waals surface area contributed by atoms with Gasteiger partial charge in [-0.1, -0.05) is 37.5 Å². The fourth-order valence-corrected chi connectivity index (χ4v) is 3.57. The van der Waals surface area contributed by atoms with Crippen molar-refractivity contribution in [1.29, 1.82) is 0 Å². The van der Waals surface area contributed by atoms with Gasteiger partial charge in [0.1, 0.15) is 5.78 Å². The third-order valence-electron chi connectivity index (χ3n) is 6.03. The number of rotatable bonds is 24. The molecule has 0 spiro atoms. The number of carbonyl (C=O) groups excluding carboxylic acids is 5. The van der Waals surface area contributed by atoms with Gasteiger partial charge in [0, 0.05) is 64.0 Å². The molecule has 0 aromatic heterocycles. The number of Topliss-reactive ketones (excluding diaryl/α,β-unsaturated/α-hetero) is 2. The van der Waals surface area contributed by atoms with E-state index in [1.54, 1.807) is 12.1 Å². The molecule has 0 saturated heterocycles. The summed E-state index contributed by atoms with van der Waals surface area (Å²) in [4.78, 5) is 59.8. The first-order valence-corrected chi connectivity index (χ1v) is 14.4. The maximum Gasteiger partial charge on any atom is 0.251 e. The number of amides is 3. The molecule has 0 fully saturated rings. The molecule has 0 aliphatic rings. The van der Waals surface area contributed by atoms with Crippen LogP contribution < -0.4 is 16.0 Å². The number of aryl methyl sites for hydroxylation is 1. The Kier molecular flexibility index (Phi) is 19.8. The summed E-state index contributed by atoms with van der Waals surface area (Å²) in [6, 6.07) is 7.27. The maximum absolute atomic E-state index is 12.0. The maximum atomic E-state index is 12.0. The molecule has 10 nitrogen and oxygen atoms in total. The van der Waals surface area contributed by atoms with E-state index in [0.29, 0.717) is 57.7 Å². The van der Waals surface area contributed by atoms with Crippen LogP contribution in [0.5, 0.6) is 0 Å². The molecule has 10 heteroatoms. The number of carbonyl (C=O) groups is 5. The van der Waals surface area contributed by atoms with Crippen LogP contribution in [0.3, 0.4) is 0 Å². The van der Waals surface area contributed by atoms with Crippen LogP contribution in [0.2, 0.25) is 0 Å². The highest BCUT2D eigenvalue weighted by Crippen LogP contribution is 2.03. The van der Waals surface area contributed by atoms with E-state index in [1.807, 2.05) is 19.1 Å². The normalized spacial score (nSPS) is 10.7. The van der Waals surface area contributed by atoms with Crippen molar-refractivity contribution in [2.24, 2.45) is 0 Å². The van der Waals surface area contributed by atoms with Crippen molar-refractivity contribution < 1.29 is 33.4 Å². The molecular formula is C30H47N3O7. The van der Waals surface area contributed by atoms with E-state index in [1.165, 1.54) is 0 Å². The van der Waals surface area contributed by atoms with Crippen LogP contribution in [0, 0.1) is 6.92 Å². The second-order valence-corrected chi connectivity index (χ2v) is 9.71. The zero-order valence-electron chi connectivity index (χ0n) is 24.2. The molecule has 3 amide bonds. The second-order valence-electron chi connectivity index (χ2n) is 9.71. The molecule has 0 radical (unpaired) electrons. The van der Waals surface area contributed by atoms with Crippen molar-refractivity contribution in [2.75, 3.05) is 46.1 Å². The van der Waals surface area contributed by atoms with Crippen LogP contribution in [-0.2, 0) is 28.7 Å². The van der Waals surface area contributed by atoms with Crippen molar-refractivity contribution in [3.05, 3.63) is 35.4 Å². The molecule has 40 heavy (non-hydrogen) atoms. The summed E-state index contributed by atoms with van der Waals surface area (Å²) < 4.78 is 10.9. The monoisotopic (exact) mass is 561 g/mol. The fraction of sp³-hybridized carbons (Fsp3) is 0.633. The third-order valence-corrected chi connectivity index (χ3v) is 6.03. The summed E-state index contributed by atoms with van der Waals surface area (Å²) >= 11 is 0. The summed E-state index contributed by atoms with van der Waals surface area (Å²) in [6.07, 6.45) is 5.07. The van der Waals surface area contributed by atoms with Gasteiger partial charge in [-0.25, -0.2) is 0 Å². The van der Waals surface area contributed by atoms with Gasteiger partial charge in [0.25, 0.3) is 5.91 Å². The first kappa shape index (κ1) is 34.9. The summed E-state index contributed by atoms with van der Waals surface area (Å²) in [6.45, 7) is 7.01. The van der Waals surface area contributed by atoms with E-state index in [-0.39, 0.29) is 61.5 Å². The molecule has 224 valence electrons. The van der Waals surface area contributed by atoms with Crippen LogP contribution in [-0.4, -0.2) is 75.3 Å². The minimum atomic E-state index is -0.365. The quantitative estimate of drug-likeness (QED) is 0.165. The molecule has 0 atom stereocenters. The molecule has 1 aromatic carbocycles. The standard InChI is InChI=1S/C30H47N3O7/c1-3-4-5-19-39-21-22-40-20-6-8-26(34)13-15-29(37)33-23-27(35)14-16-28(36)31-17-7-18-32-30(38)25-11-9-24(2)10-12-25/h9-12H,3-8,13-23H2,1-2H3,(H,31,36)(H,32,38)(H,33,37). The zero-order chi connectivity index (χ0) is 29.4. The lowest BCUT2D eigenvalue weighted by molar-refractivity contribution is -0.128. The lowest BCUT2D eigenvalue weighted by atomic mass is 10.1. The average molecular weight is 562 g/mol. The smallest absolute Gasteiger partial charge is 0.251 e. The number of hydrogen-bond donors (Lipinski definition) is 3. The Morgan fingerprint density at radius 2 is 1.23 bits per heavy atom. The van der Waals surface area contributed by atoms with E-state index in [9.17, 15) is 24.0 Å². The fourth-order valence-electron chi connectivity index (χ4n) is 3.57. The van der Waals surface area contributed by atoms with Crippen LogP contribution in [0.4, 0.5) is 0 Å². The Morgan fingerprint density at radius 1 is 0.625 bits per heavy atom. The molecule has 0 saturated carbocycles. The van der Waals surface area contributed by atoms with Gasteiger partial charge in [-0.05, 0) is 38.3 Å². The van der Waals surface area contributed by atoms with Gasteiger partial charge in [0.2, 0.25) is 11.8 Å². The zero-order valence-corrected chi connectivity index (χ0v) is 24.2. The molecular weight excluding hydrogens is 514 g/mol. The first-order chi connectivity index (χ1) is 19.3. The Bertz CT molecular complexity index is 903.